The van der Waals surface area contributed by atoms with Gasteiger partial charge < -0.3 is 10.4 Å². The molecular weight excluding hydrogens is 190 g/mol. The lowest BCUT2D eigenvalue weighted by Gasteiger charge is -2.28. The van der Waals surface area contributed by atoms with E-state index in [1.165, 1.54) is 0 Å². The number of dihydropyridines is 1. The number of hydrogen-bond donors (Lipinski definition) is 2. The van der Waals surface area contributed by atoms with Gasteiger partial charge in [0.1, 0.15) is 0 Å². The first-order valence-corrected chi connectivity index (χ1v) is 4.67. The molecule has 0 aliphatic carbocycles. The third kappa shape index (κ3) is 1.52. The third-order valence-electron chi connectivity index (χ3n) is 2.43. The van der Waals surface area contributed by atoms with Crippen molar-refractivity contribution in [2.24, 2.45) is 0 Å². The highest BCUT2D eigenvalue weighted by Gasteiger charge is 2.37. The van der Waals surface area contributed by atoms with Gasteiger partial charge in [-0.15, -0.1) is 0 Å². The van der Waals surface area contributed by atoms with E-state index in [0.717, 1.165) is 5.56 Å². The molecule has 1 atom stereocenters. The number of hydrogen-bond acceptors (Lipinski definition) is 2. The van der Waals surface area contributed by atoms with Gasteiger partial charge in [0.2, 0.25) is 0 Å². The molecule has 0 amide bonds. The van der Waals surface area contributed by atoms with Gasteiger partial charge in [-0.25, -0.2) is 4.79 Å². The lowest BCUT2D eigenvalue weighted by Crippen LogP contribution is -2.46. The summed E-state index contributed by atoms with van der Waals surface area (Å²) in [5.41, 5.74) is -0.408. The van der Waals surface area contributed by atoms with E-state index in [0.29, 0.717) is 0 Å². The first-order chi connectivity index (χ1) is 7.26. The maximum atomic E-state index is 11.3. The summed E-state index contributed by atoms with van der Waals surface area (Å²) in [5, 5.41) is 12.2. The Hall–Kier alpha value is -2.03. The number of carbonyl (C=O) groups is 1. The van der Waals surface area contributed by atoms with Crippen LogP contribution in [0.5, 0.6) is 0 Å². The first kappa shape index (κ1) is 9.52. The fourth-order valence-corrected chi connectivity index (χ4v) is 1.62. The fraction of sp³-hybridized carbons (Fsp3) is 0.0833. The minimum Gasteiger partial charge on any atom is -0.479 e. The molecule has 15 heavy (non-hydrogen) atoms. The fourth-order valence-electron chi connectivity index (χ4n) is 1.62. The van der Waals surface area contributed by atoms with E-state index in [2.05, 4.69) is 5.32 Å². The van der Waals surface area contributed by atoms with Gasteiger partial charge in [-0.1, -0.05) is 36.4 Å². The normalized spacial score (nSPS) is 23.5. The van der Waals surface area contributed by atoms with Gasteiger partial charge >= 0.3 is 5.97 Å². The van der Waals surface area contributed by atoms with E-state index in [9.17, 15) is 9.90 Å². The first-order valence-electron chi connectivity index (χ1n) is 4.67. The molecule has 0 fully saturated rings. The Kier molecular flexibility index (Phi) is 2.29. The van der Waals surface area contributed by atoms with Gasteiger partial charge in [-0.3, -0.25) is 0 Å². The van der Waals surface area contributed by atoms with E-state index in [1.54, 1.807) is 36.6 Å². The molecule has 1 aromatic rings. The van der Waals surface area contributed by atoms with Crippen molar-refractivity contribution in [3.8, 4) is 0 Å². The number of benzene rings is 1. The second-order valence-corrected chi connectivity index (χ2v) is 3.34. The molecule has 76 valence electrons. The van der Waals surface area contributed by atoms with E-state index in [4.69, 9.17) is 0 Å². The minimum absolute atomic E-state index is 0.720. The van der Waals surface area contributed by atoms with Gasteiger partial charge in [0.25, 0.3) is 0 Å². The summed E-state index contributed by atoms with van der Waals surface area (Å²) in [7, 11) is 0. The van der Waals surface area contributed by atoms with Crippen LogP contribution in [0.1, 0.15) is 5.56 Å². The highest BCUT2D eigenvalue weighted by molar-refractivity contribution is 5.84. The average molecular weight is 201 g/mol. The van der Waals surface area contributed by atoms with Crippen molar-refractivity contribution >= 4 is 5.97 Å². The standard InChI is InChI=1S/C12H11NO2/c14-11(15)12(8-4-5-9-13-12)10-6-2-1-3-7-10/h1-9,13H,(H,14,15). The average Bonchev–Trinajstić information content (AvgIpc) is 2.31. The van der Waals surface area contributed by atoms with Crippen molar-refractivity contribution in [1.29, 1.82) is 0 Å². The number of allylic oxidation sites excluding steroid dienone is 2. The highest BCUT2D eigenvalue weighted by atomic mass is 16.4. The van der Waals surface area contributed by atoms with Crippen LogP contribution in [0, 0.1) is 0 Å². The summed E-state index contributed by atoms with van der Waals surface area (Å²) in [6.45, 7) is 0. The maximum Gasteiger partial charge on any atom is 0.338 e. The molecule has 0 saturated heterocycles. The van der Waals surface area contributed by atoms with E-state index in [1.807, 2.05) is 18.2 Å². The predicted molar refractivity (Wildman–Crippen MR) is 57.2 cm³/mol. The van der Waals surface area contributed by atoms with Gasteiger partial charge in [0.15, 0.2) is 5.54 Å². The molecule has 2 rings (SSSR count). The van der Waals surface area contributed by atoms with Gasteiger partial charge in [0.05, 0.1) is 0 Å². The molecule has 0 bridgehead atoms. The van der Waals surface area contributed by atoms with Crippen molar-refractivity contribution in [2.45, 2.75) is 5.54 Å². The molecule has 1 aliphatic heterocycles. The highest BCUT2D eigenvalue weighted by Crippen LogP contribution is 2.25. The van der Waals surface area contributed by atoms with Crippen LogP contribution in [0.15, 0.2) is 54.8 Å². The Morgan fingerprint density at radius 2 is 1.93 bits per heavy atom. The monoisotopic (exact) mass is 201 g/mol. The number of rotatable bonds is 2. The Labute approximate surface area is 87.7 Å². The predicted octanol–water partition coefficient (Wildman–Crippen LogP) is 1.64. The quantitative estimate of drug-likeness (QED) is 0.764. The molecule has 1 heterocycles. The number of carboxylic acids is 1. The lowest BCUT2D eigenvalue weighted by molar-refractivity contribution is -0.142. The Morgan fingerprint density at radius 1 is 1.20 bits per heavy atom. The Balaban J connectivity index is 2.49. The zero-order chi connectivity index (χ0) is 10.7. The summed E-state index contributed by atoms with van der Waals surface area (Å²) in [4.78, 5) is 11.3. The lowest BCUT2D eigenvalue weighted by atomic mass is 9.88. The molecule has 1 unspecified atom stereocenters. The molecule has 3 nitrogen and oxygen atoms in total. The second-order valence-electron chi connectivity index (χ2n) is 3.34. The summed E-state index contributed by atoms with van der Waals surface area (Å²) < 4.78 is 0. The van der Waals surface area contributed by atoms with Crippen LogP contribution in [0.4, 0.5) is 0 Å². The number of carboxylic acid groups (broad SMARTS) is 1. The summed E-state index contributed by atoms with van der Waals surface area (Å²) in [6, 6.07) is 9.11. The molecule has 0 radical (unpaired) electrons. The van der Waals surface area contributed by atoms with Crippen LogP contribution in [0.3, 0.4) is 0 Å². The largest absolute Gasteiger partial charge is 0.479 e. The third-order valence-corrected chi connectivity index (χ3v) is 2.43. The SMILES string of the molecule is O=C(O)C1(c2ccccc2)C=CC=CN1. The molecule has 3 heteroatoms. The van der Waals surface area contributed by atoms with E-state index >= 15 is 0 Å². The molecule has 2 N–H and O–H groups in total. The van der Waals surface area contributed by atoms with E-state index in [-0.39, 0.29) is 0 Å². The summed E-state index contributed by atoms with van der Waals surface area (Å²) >= 11 is 0. The van der Waals surface area contributed by atoms with Crippen LogP contribution in [-0.2, 0) is 10.3 Å². The Bertz CT molecular complexity index is 423. The van der Waals surface area contributed by atoms with Gasteiger partial charge in [0, 0.05) is 0 Å². The Morgan fingerprint density at radius 3 is 2.47 bits per heavy atom. The zero-order valence-electron chi connectivity index (χ0n) is 8.05. The van der Waals surface area contributed by atoms with Crippen molar-refractivity contribution in [1.82, 2.24) is 5.32 Å². The van der Waals surface area contributed by atoms with Crippen LogP contribution in [-0.4, -0.2) is 11.1 Å². The van der Waals surface area contributed by atoms with Crippen LogP contribution >= 0.6 is 0 Å². The van der Waals surface area contributed by atoms with Gasteiger partial charge in [-0.05, 0) is 23.9 Å². The molecule has 1 aliphatic rings. The minimum atomic E-state index is -1.13. The topological polar surface area (TPSA) is 49.3 Å². The molecule has 0 saturated carbocycles. The molecule has 1 aromatic carbocycles. The van der Waals surface area contributed by atoms with Crippen molar-refractivity contribution in [3.05, 3.63) is 60.3 Å². The summed E-state index contributed by atoms with van der Waals surface area (Å²) in [6.07, 6.45) is 6.79. The molecular formula is C12H11NO2. The van der Waals surface area contributed by atoms with Crippen molar-refractivity contribution in [2.75, 3.05) is 0 Å². The van der Waals surface area contributed by atoms with Crippen molar-refractivity contribution < 1.29 is 9.90 Å². The van der Waals surface area contributed by atoms with Crippen LogP contribution in [0.2, 0.25) is 0 Å². The van der Waals surface area contributed by atoms with Gasteiger partial charge in [-0.2, -0.15) is 0 Å². The molecule has 0 aromatic heterocycles. The second kappa shape index (κ2) is 3.61. The van der Waals surface area contributed by atoms with E-state index < -0.39 is 11.5 Å². The van der Waals surface area contributed by atoms with Crippen LogP contribution in [0.25, 0.3) is 0 Å². The number of aliphatic carboxylic acids is 1. The maximum absolute atomic E-state index is 11.3. The summed E-state index contributed by atoms with van der Waals surface area (Å²) in [5.74, 6) is -0.908. The van der Waals surface area contributed by atoms with Crippen LogP contribution < -0.4 is 5.32 Å². The molecule has 0 spiro atoms. The number of nitrogens with one attached hydrogen (secondary N) is 1. The smallest absolute Gasteiger partial charge is 0.338 e. The van der Waals surface area contributed by atoms with Crippen molar-refractivity contribution in [3.63, 3.8) is 0 Å². The zero-order valence-corrected chi connectivity index (χ0v) is 8.05.